The first kappa shape index (κ1) is 22.6. The van der Waals surface area contributed by atoms with E-state index in [4.69, 9.17) is 23.2 Å². The molecule has 0 aliphatic rings. The van der Waals surface area contributed by atoms with Gasteiger partial charge in [0.2, 0.25) is 5.91 Å². The molecule has 14 heteroatoms. The molecular formula is C16H11Cl2F3N4O3S2. The monoisotopic (exact) mass is 498 g/mol. The van der Waals surface area contributed by atoms with Crippen molar-refractivity contribution in [1.82, 2.24) is 20.0 Å². The fourth-order valence-corrected chi connectivity index (χ4v) is 4.71. The second kappa shape index (κ2) is 8.19. The summed E-state index contributed by atoms with van der Waals surface area (Å²) < 4.78 is 65.2. The Bertz CT molecular complexity index is 1190. The van der Waals surface area contributed by atoms with E-state index in [0.29, 0.717) is 0 Å². The van der Waals surface area contributed by atoms with Crippen LogP contribution >= 0.6 is 34.5 Å². The molecule has 0 unspecified atom stereocenters. The van der Waals surface area contributed by atoms with Gasteiger partial charge in [-0.1, -0.05) is 23.2 Å². The standard InChI is InChI=1S/C16H11Cl2F3N4O3S2/c1-8(26)22-24-30(27,28)10-4-2-9(3-5-10)25-12(6-13(23-25)16(19,20)21)14-11(17)7-29-15(14)18/h2-7,24H,1H3,(H,22,26). The normalized spacial score (nSPS) is 12.2. The zero-order valence-corrected chi connectivity index (χ0v) is 17.9. The number of rotatable bonds is 5. The number of hydrogen-bond donors (Lipinski definition) is 2. The predicted molar refractivity (Wildman–Crippen MR) is 106 cm³/mol. The minimum atomic E-state index is -4.72. The van der Waals surface area contributed by atoms with Gasteiger partial charge in [-0.25, -0.2) is 13.1 Å². The molecule has 0 saturated heterocycles. The van der Waals surface area contributed by atoms with E-state index < -0.39 is 27.8 Å². The number of amides is 1. The molecule has 3 aromatic rings. The van der Waals surface area contributed by atoms with Gasteiger partial charge >= 0.3 is 6.18 Å². The van der Waals surface area contributed by atoms with E-state index in [9.17, 15) is 26.4 Å². The molecule has 2 heterocycles. The highest BCUT2D eigenvalue weighted by Gasteiger charge is 2.36. The summed E-state index contributed by atoms with van der Waals surface area (Å²) in [6.45, 7) is 1.11. The van der Waals surface area contributed by atoms with Crippen LogP contribution in [0.2, 0.25) is 9.36 Å². The van der Waals surface area contributed by atoms with E-state index in [-0.39, 0.29) is 31.2 Å². The maximum absolute atomic E-state index is 13.2. The Morgan fingerprint density at radius 1 is 1.20 bits per heavy atom. The largest absolute Gasteiger partial charge is 0.435 e. The number of aromatic nitrogens is 2. The van der Waals surface area contributed by atoms with Crippen molar-refractivity contribution < 1.29 is 26.4 Å². The van der Waals surface area contributed by atoms with Crippen molar-refractivity contribution >= 4 is 50.5 Å². The fraction of sp³-hybridized carbons (Fsp3) is 0.125. The average Bonchev–Trinajstić information content (AvgIpc) is 3.23. The van der Waals surface area contributed by atoms with Crippen molar-refractivity contribution in [1.29, 1.82) is 0 Å². The molecule has 0 aliphatic heterocycles. The first-order chi connectivity index (χ1) is 13.9. The summed E-state index contributed by atoms with van der Waals surface area (Å²) in [5.74, 6) is -0.624. The smallest absolute Gasteiger partial charge is 0.278 e. The van der Waals surface area contributed by atoms with Gasteiger partial charge in [0.1, 0.15) is 4.34 Å². The lowest BCUT2D eigenvalue weighted by Gasteiger charge is -2.10. The highest BCUT2D eigenvalue weighted by Crippen LogP contribution is 2.42. The summed E-state index contributed by atoms with van der Waals surface area (Å²) in [6, 6.07) is 5.62. The number of halogens is 5. The molecule has 0 spiro atoms. The van der Waals surface area contributed by atoms with Crippen LogP contribution in [-0.4, -0.2) is 24.1 Å². The maximum atomic E-state index is 13.2. The molecule has 0 aliphatic carbocycles. The molecule has 160 valence electrons. The molecule has 2 N–H and O–H groups in total. The fourth-order valence-electron chi connectivity index (χ4n) is 2.40. The third-order valence-corrected chi connectivity index (χ3v) is 6.62. The number of nitrogens with one attached hydrogen (secondary N) is 2. The van der Waals surface area contributed by atoms with Gasteiger partial charge < -0.3 is 0 Å². The van der Waals surface area contributed by atoms with E-state index >= 15 is 0 Å². The van der Waals surface area contributed by atoms with Crippen LogP contribution in [0.5, 0.6) is 0 Å². The number of benzene rings is 1. The van der Waals surface area contributed by atoms with E-state index in [2.05, 4.69) is 5.10 Å². The quantitative estimate of drug-likeness (QED) is 0.514. The number of sulfonamides is 1. The first-order valence-electron chi connectivity index (χ1n) is 7.89. The van der Waals surface area contributed by atoms with Crippen LogP contribution in [0, 0.1) is 0 Å². The number of hydrazine groups is 1. The van der Waals surface area contributed by atoms with Gasteiger partial charge in [0, 0.05) is 17.9 Å². The Hall–Kier alpha value is -2.12. The van der Waals surface area contributed by atoms with Crippen LogP contribution in [0.4, 0.5) is 13.2 Å². The van der Waals surface area contributed by atoms with Crippen molar-refractivity contribution in [3.63, 3.8) is 0 Å². The number of thiophene rings is 1. The van der Waals surface area contributed by atoms with E-state index in [1.54, 1.807) is 0 Å². The Labute approximate surface area is 182 Å². The summed E-state index contributed by atoms with van der Waals surface area (Å²) in [5.41, 5.74) is 1.08. The highest BCUT2D eigenvalue weighted by molar-refractivity contribution is 7.89. The zero-order chi connectivity index (χ0) is 22.3. The Morgan fingerprint density at radius 2 is 1.83 bits per heavy atom. The van der Waals surface area contributed by atoms with Gasteiger partial charge in [-0.3, -0.25) is 10.2 Å². The van der Waals surface area contributed by atoms with Gasteiger partial charge in [0.05, 0.1) is 21.3 Å². The molecule has 7 nitrogen and oxygen atoms in total. The average molecular weight is 499 g/mol. The second-order valence-electron chi connectivity index (χ2n) is 5.84. The molecule has 1 amide bonds. The van der Waals surface area contributed by atoms with Crippen molar-refractivity contribution in [2.75, 3.05) is 0 Å². The number of alkyl halides is 3. The number of hydrogen-bond acceptors (Lipinski definition) is 5. The van der Waals surface area contributed by atoms with Crippen LogP contribution in [0.3, 0.4) is 0 Å². The molecule has 30 heavy (non-hydrogen) atoms. The zero-order valence-electron chi connectivity index (χ0n) is 14.8. The third kappa shape index (κ3) is 4.62. The summed E-state index contributed by atoms with van der Waals surface area (Å²) in [7, 11) is -4.07. The van der Waals surface area contributed by atoms with Crippen LogP contribution in [-0.2, 0) is 21.0 Å². The molecule has 1 aromatic carbocycles. The molecule has 0 bridgehead atoms. The lowest BCUT2D eigenvalue weighted by Crippen LogP contribution is -2.40. The SMILES string of the molecule is CC(=O)NNS(=O)(=O)c1ccc(-n2nc(C(F)(F)F)cc2-c2c(Cl)csc2Cl)cc1. The molecule has 2 aromatic heterocycles. The van der Waals surface area contributed by atoms with Crippen molar-refractivity contribution in [3.8, 4) is 16.9 Å². The minimum Gasteiger partial charge on any atom is -0.278 e. The van der Waals surface area contributed by atoms with Crippen molar-refractivity contribution in [3.05, 3.63) is 50.8 Å². The first-order valence-corrected chi connectivity index (χ1v) is 11.0. The Balaban J connectivity index is 2.07. The summed E-state index contributed by atoms with van der Waals surface area (Å²) in [5, 5.41) is 5.23. The maximum Gasteiger partial charge on any atom is 0.435 e. The topological polar surface area (TPSA) is 93.1 Å². The number of carbonyl (C=O) groups excluding carboxylic acids is 1. The lowest BCUT2D eigenvalue weighted by atomic mass is 10.2. The van der Waals surface area contributed by atoms with Gasteiger partial charge in [0.15, 0.2) is 5.69 Å². The van der Waals surface area contributed by atoms with E-state index in [1.165, 1.54) is 17.5 Å². The van der Waals surface area contributed by atoms with E-state index in [1.807, 2.05) is 10.3 Å². The van der Waals surface area contributed by atoms with Crippen LogP contribution in [0.25, 0.3) is 16.9 Å². The molecule has 0 atom stereocenters. The van der Waals surface area contributed by atoms with Crippen LogP contribution in [0.15, 0.2) is 40.6 Å². The van der Waals surface area contributed by atoms with Crippen LogP contribution < -0.4 is 10.3 Å². The summed E-state index contributed by atoms with van der Waals surface area (Å²) in [4.78, 5) is 12.5. The van der Waals surface area contributed by atoms with Gasteiger partial charge in [-0.15, -0.1) is 16.2 Å². The summed E-state index contributed by atoms with van der Waals surface area (Å²) in [6.07, 6.45) is -4.72. The van der Waals surface area contributed by atoms with Gasteiger partial charge in [0.25, 0.3) is 10.0 Å². The number of nitrogens with zero attached hydrogens (tertiary/aromatic N) is 2. The second-order valence-corrected chi connectivity index (χ2v) is 9.41. The number of carbonyl (C=O) groups is 1. The Morgan fingerprint density at radius 3 is 2.33 bits per heavy atom. The van der Waals surface area contributed by atoms with Gasteiger partial charge in [-0.2, -0.15) is 18.3 Å². The van der Waals surface area contributed by atoms with Crippen molar-refractivity contribution in [2.45, 2.75) is 18.0 Å². The predicted octanol–water partition coefficient (Wildman–Crippen LogP) is 4.26. The molecule has 0 saturated carbocycles. The molecule has 0 fully saturated rings. The molecular weight excluding hydrogens is 488 g/mol. The molecule has 3 rings (SSSR count). The van der Waals surface area contributed by atoms with Crippen molar-refractivity contribution in [2.24, 2.45) is 0 Å². The summed E-state index contributed by atoms with van der Waals surface area (Å²) >= 11 is 13.2. The van der Waals surface area contributed by atoms with Crippen LogP contribution in [0.1, 0.15) is 12.6 Å². The third-order valence-electron chi connectivity index (χ3n) is 3.71. The molecule has 0 radical (unpaired) electrons. The minimum absolute atomic E-state index is 0.00875. The highest BCUT2D eigenvalue weighted by atomic mass is 35.5. The Kier molecular flexibility index (Phi) is 6.16. The lowest BCUT2D eigenvalue weighted by molar-refractivity contribution is -0.141. The van der Waals surface area contributed by atoms with E-state index in [0.717, 1.165) is 41.1 Å². The van der Waals surface area contributed by atoms with Gasteiger partial charge in [-0.05, 0) is 30.3 Å².